The van der Waals surface area contributed by atoms with Gasteiger partial charge < -0.3 is 4.40 Å². The molecule has 0 saturated heterocycles. The molecule has 0 aliphatic heterocycles. The number of nitrogens with zero attached hydrogens (tertiary/aromatic N) is 2. The van der Waals surface area contributed by atoms with E-state index >= 15 is 0 Å². The van der Waals surface area contributed by atoms with Crippen molar-refractivity contribution in [3.63, 3.8) is 0 Å². The number of hydrogen-bond donors (Lipinski definition) is 0. The molecule has 3 heteroatoms. The maximum Gasteiger partial charge on any atom is 0.132 e. The van der Waals surface area contributed by atoms with E-state index in [2.05, 4.69) is 74.8 Å². The highest BCUT2D eigenvalue weighted by Gasteiger charge is 2.09. The Hall–Kier alpha value is -1.61. The number of fused-ring (bicyclic) bond motifs is 1. The molecule has 2 aromatic heterocycles. The quantitative estimate of drug-likeness (QED) is 0.699. The molecule has 0 atom stereocenters. The summed E-state index contributed by atoms with van der Waals surface area (Å²) in [6, 6.07) is 14.6. The lowest BCUT2D eigenvalue weighted by Gasteiger charge is -2.02. The van der Waals surface area contributed by atoms with Crippen LogP contribution in [0.15, 0.2) is 53.3 Å². The lowest BCUT2D eigenvalue weighted by Crippen LogP contribution is -1.96. The second-order valence-corrected chi connectivity index (χ2v) is 5.19. The van der Waals surface area contributed by atoms with Gasteiger partial charge in [0.2, 0.25) is 0 Å². The Bertz CT molecular complexity index is 686. The van der Waals surface area contributed by atoms with Crippen molar-refractivity contribution in [2.75, 3.05) is 0 Å². The third-order valence-corrected chi connectivity index (χ3v) is 3.60. The summed E-state index contributed by atoms with van der Waals surface area (Å²) < 4.78 is 3.07. The molecule has 0 unspecified atom stereocenters. The van der Waals surface area contributed by atoms with Gasteiger partial charge in [0.1, 0.15) is 10.4 Å². The summed E-state index contributed by atoms with van der Waals surface area (Å²) in [5, 5.41) is 0. The lowest BCUT2D eigenvalue weighted by molar-refractivity contribution is 0.954. The zero-order valence-corrected chi connectivity index (χ0v) is 11.7. The van der Waals surface area contributed by atoms with Gasteiger partial charge in [-0.05, 0) is 40.0 Å². The Labute approximate surface area is 114 Å². The molecule has 0 spiro atoms. The number of rotatable bonds is 2. The number of benzene rings is 1. The number of pyridine rings is 1. The minimum Gasteiger partial charge on any atom is -0.302 e. The van der Waals surface area contributed by atoms with Gasteiger partial charge in [-0.2, -0.15) is 0 Å². The Kier molecular flexibility index (Phi) is 2.92. The molecule has 0 N–H and O–H groups in total. The molecule has 0 aliphatic rings. The van der Waals surface area contributed by atoms with Crippen molar-refractivity contribution in [3.05, 3.63) is 70.2 Å². The average Bonchev–Trinajstić information content (AvgIpc) is 2.67. The maximum absolute atomic E-state index is 4.61. The molecule has 18 heavy (non-hydrogen) atoms. The Morgan fingerprint density at radius 2 is 1.89 bits per heavy atom. The predicted molar refractivity (Wildman–Crippen MR) is 76.9 cm³/mol. The van der Waals surface area contributed by atoms with E-state index in [1.54, 1.807) is 0 Å². The molecular weight excluding hydrogens is 288 g/mol. The number of halogens is 1. The van der Waals surface area contributed by atoms with Crippen LogP contribution < -0.4 is 0 Å². The standard InChI is InChI=1S/C15H13BrN2/c1-11-7-8-13-15(16)17-14(18(13)10-11)9-12-5-3-2-4-6-12/h2-8,10H,9H2,1H3. The molecule has 0 radical (unpaired) electrons. The molecule has 1 aromatic carbocycles. The van der Waals surface area contributed by atoms with E-state index in [0.29, 0.717) is 0 Å². The van der Waals surface area contributed by atoms with Crippen molar-refractivity contribution in [1.29, 1.82) is 0 Å². The van der Waals surface area contributed by atoms with Gasteiger partial charge in [0, 0.05) is 12.6 Å². The molecule has 0 fully saturated rings. The Morgan fingerprint density at radius 3 is 2.67 bits per heavy atom. The third-order valence-electron chi connectivity index (χ3n) is 3.02. The van der Waals surface area contributed by atoms with Crippen LogP contribution in [0.3, 0.4) is 0 Å². The molecule has 2 heterocycles. The van der Waals surface area contributed by atoms with E-state index in [-0.39, 0.29) is 0 Å². The second-order valence-electron chi connectivity index (χ2n) is 4.44. The lowest BCUT2D eigenvalue weighted by atomic mass is 10.1. The molecule has 0 aliphatic carbocycles. The van der Waals surface area contributed by atoms with Gasteiger partial charge in [-0.3, -0.25) is 0 Å². The molecular formula is C15H13BrN2. The van der Waals surface area contributed by atoms with Gasteiger partial charge in [0.05, 0.1) is 5.52 Å². The summed E-state index contributed by atoms with van der Waals surface area (Å²) in [7, 11) is 0. The number of aryl methyl sites for hydroxylation is 1. The third kappa shape index (κ3) is 2.06. The first-order valence-corrected chi connectivity index (χ1v) is 6.70. The van der Waals surface area contributed by atoms with Crippen molar-refractivity contribution in [2.45, 2.75) is 13.3 Å². The fourth-order valence-corrected chi connectivity index (χ4v) is 2.64. The van der Waals surface area contributed by atoms with Crippen molar-refractivity contribution < 1.29 is 0 Å². The normalized spacial score (nSPS) is 11.0. The molecule has 3 rings (SSSR count). The van der Waals surface area contributed by atoms with E-state index in [1.807, 2.05) is 6.07 Å². The van der Waals surface area contributed by atoms with Crippen LogP contribution in [0.1, 0.15) is 17.0 Å². The highest BCUT2D eigenvalue weighted by Crippen LogP contribution is 2.21. The minimum absolute atomic E-state index is 0.844. The second kappa shape index (κ2) is 4.58. The summed E-state index contributed by atoms with van der Waals surface area (Å²) in [5.41, 5.74) is 3.63. The van der Waals surface area contributed by atoms with Gasteiger partial charge in [-0.1, -0.05) is 36.4 Å². The number of hydrogen-bond acceptors (Lipinski definition) is 1. The van der Waals surface area contributed by atoms with Crippen molar-refractivity contribution in [2.24, 2.45) is 0 Å². The average molecular weight is 301 g/mol. The Morgan fingerprint density at radius 1 is 1.11 bits per heavy atom. The van der Waals surface area contributed by atoms with E-state index < -0.39 is 0 Å². The highest BCUT2D eigenvalue weighted by molar-refractivity contribution is 9.10. The van der Waals surface area contributed by atoms with Crippen molar-refractivity contribution in [1.82, 2.24) is 9.38 Å². The zero-order chi connectivity index (χ0) is 12.5. The summed E-state index contributed by atoms with van der Waals surface area (Å²) in [6.45, 7) is 2.10. The van der Waals surface area contributed by atoms with Crippen molar-refractivity contribution >= 4 is 21.4 Å². The van der Waals surface area contributed by atoms with Gasteiger partial charge >= 0.3 is 0 Å². The first kappa shape index (κ1) is 11.5. The smallest absolute Gasteiger partial charge is 0.132 e. The molecule has 0 bridgehead atoms. The van der Waals surface area contributed by atoms with Gasteiger partial charge in [0.25, 0.3) is 0 Å². The highest BCUT2D eigenvalue weighted by atomic mass is 79.9. The van der Waals surface area contributed by atoms with Crippen LogP contribution in [0.5, 0.6) is 0 Å². The summed E-state index contributed by atoms with van der Waals surface area (Å²) in [6.07, 6.45) is 2.97. The van der Waals surface area contributed by atoms with Gasteiger partial charge in [0.15, 0.2) is 0 Å². The van der Waals surface area contributed by atoms with E-state index in [9.17, 15) is 0 Å². The Balaban J connectivity index is 2.09. The summed E-state index contributed by atoms with van der Waals surface area (Å²) in [4.78, 5) is 4.61. The SMILES string of the molecule is Cc1ccc2c(Br)nc(Cc3ccccc3)n2c1. The van der Waals surface area contributed by atoms with Crippen LogP contribution in [-0.2, 0) is 6.42 Å². The number of aromatic nitrogens is 2. The van der Waals surface area contributed by atoms with Gasteiger partial charge in [-0.15, -0.1) is 0 Å². The topological polar surface area (TPSA) is 17.3 Å². The van der Waals surface area contributed by atoms with Crippen LogP contribution in [0, 0.1) is 6.92 Å². The predicted octanol–water partition coefficient (Wildman–Crippen LogP) is 4.00. The minimum atomic E-state index is 0.844. The molecule has 0 saturated carbocycles. The van der Waals surface area contributed by atoms with Gasteiger partial charge in [-0.25, -0.2) is 4.98 Å². The molecule has 2 nitrogen and oxygen atoms in total. The summed E-state index contributed by atoms with van der Waals surface area (Å²) in [5.74, 6) is 1.06. The fourth-order valence-electron chi connectivity index (χ4n) is 2.12. The van der Waals surface area contributed by atoms with Crippen molar-refractivity contribution in [3.8, 4) is 0 Å². The molecule has 0 amide bonds. The molecule has 90 valence electrons. The maximum atomic E-state index is 4.61. The zero-order valence-electron chi connectivity index (χ0n) is 10.1. The van der Waals surface area contributed by atoms with E-state index in [0.717, 1.165) is 22.4 Å². The fraction of sp³-hybridized carbons (Fsp3) is 0.133. The van der Waals surface area contributed by atoms with Crippen LogP contribution in [0.4, 0.5) is 0 Å². The summed E-state index contributed by atoms with van der Waals surface area (Å²) >= 11 is 3.52. The van der Waals surface area contributed by atoms with Crippen LogP contribution in [0.2, 0.25) is 0 Å². The van der Waals surface area contributed by atoms with E-state index in [1.165, 1.54) is 11.1 Å². The van der Waals surface area contributed by atoms with E-state index in [4.69, 9.17) is 0 Å². The van der Waals surface area contributed by atoms with Crippen LogP contribution in [0.25, 0.3) is 5.52 Å². The first-order chi connectivity index (χ1) is 8.74. The number of imidazole rings is 1. The van der Waals surface area contributed by atoms with Crippen LogP contribution in [-0.4, -0.2) is 9.38 Å². The first-order valence-electron chi connectivity index (χ1n) is 5.91. The monoisotopic (exact) mass is 300 g/mol. The molecule has 3 aromatic rings. The van der Waals surface area contributed by atoms with Crippen LogP contribution >= 0.6 is 15.9 Å². The largest absolute Gasteiger partial charge is 0.302 e.